The molecule has 0 aliphatic carbocycles. The van der Waals surface area contributed by atoms with Crippen LogP contribution in [0.4, 0.5) is 18.9 Å². The van der Waals surface area contributed by atoms with Crippen LogP contribution in [0.25, 0.3) is 5.57 Å². The number of allylic oxidation sites excluding steroid dienone is 1. The van der Waals surface area contributed by atoms with Crippen molar-refractivity contribution in [2.75, 3.05) is 5.32 Å². The number of nitrogens with one attached hydrogen (secondary N) is 2. The van der Waals surface area contributed by atoms with Crippen LogP contribution in [0.3, 0.4) is 0 Å². The number of tetrazole rings is 1. The van der Waals surface area contributed by atoms with E-state index >= 15 is 0 Å². The molecular weight excluding hydrogens is 299 g/mol. The van der Waals surface area contributed by atoms with E-state index in [1.54, 1.807) is 12.1 Å². The first-order valence-electron chi connectivity index (χ1n) is 5.67. The summed E-state index contributed by atoms with van der Waals surface area (Å²) >= 11 is 0. The van der Waals surface area contributed by atoms with E-state index in [1.807, 2.05) is 0 Å². The summed E-state index contributed by atoms with van der Waals surface area (Å²) in [5.74, 6) is -0.0273. The number of nitriles is 2. The molecule has 0 radical (unpaired) electrons. The molecule has 2 rings (SSSR count). The van der Waals surface area contributed by atoms with E-state index in [-0.39, 0.29) is 22.6 Å². The Kier molecular flexibility index (Phi) is 4.04. The smallest absolute Gasteiger partial charge is 0.359 e. The Morgan fingerprint density at radius 2 is 2.09 bits per heavy atom. The first-order chi connectivity index (χ1) is 10.5. The minimum Gasteiger partial charge on any atom is -0.359 e. The highest BCUT2D eigenvalue weighted by Gasteiger charge is 2.31. The summed E-state index contributed by atoms with van der Waals surface area (Å²) in [7, 11) is 0. The van der Waals surface area contributed by atoms with Crippen LogP contribution in [-0.4, -0.2) is 20.6 Å². The Morgan fingerprint density at radius 1 is 1.32 bits per heavy atom. The van der Waals surface area contributed by atoms with E-state index in [0.29, 0.717) is 0 Å². The van der Waals surface area contributed by atoms with Gasteiger partial charge in [-0.15, -0.1) is 10.2 Å². The van der Waals surface area contributed by atoms with Crippen LogP contribution in [0.15, 0.2) is 24.4 Å². The summed E-state index contributed by atoms with van der Waals surface area (Å²) in [4.78, 5) is 0. The fraction of sp³-hybridized carbons (Fsp3) is 0.0833. The summed E-state index contributed by atoms with van der Waals surface area (Å²) in [6, 6.07) is 6.15. The molecule has 7 nitrogen and oxygen atoms in total. The first kappa shape index (κ1) is 15.0. The van der Waals surface area contributed by atoms with Crippen molar-refractivity contribution in [3.63, 3.8) is 0 Å². The van der Waals surface area contributed by atoms with Gasteiger partial charge in [-0.3, -0.25) is 0 Å². The quantitative estimate of drug-likeness (QED) is 0.839. The molecule has 0 bridgehead atoms. The van der Waals surface area contributed by atoms with Crippen molar-refractivity contribution in [3.8, 4) is 12.1 Å². The number of hydrogen-bond acceptors (Lipinski definition) is 6. The lowest BCUT2D eigenvalue weighted by Crippen LogP contribution is -2.06. The van der Waals surface area contributed by atoms with Crippen molar-refractivity contribution in [1.29, 1.82) is 10.5 Å². The van der Waals surface area contributed by atoms with Crippen LogP contribution in [0.2, 0.25) is 0 Å². The molecule has 110 valence electrons. The number of benzene rings is 1. The normalized spacial score (nSPS) is 11.6. The third-order valence-corrected chi connectivity index (χ3v) is 2.55. The lowest BCUT2D eigenvalue weighted by molar-refractivity contribution is -0.137. The minimum absolute atomic E-state index is 0.00495. The van der Waals surface area contributed by atoms with Gasteiger partial charge in [-0.05, 0) is 23.4 Å². The van der Waals surface area contributed by atoms with Crippen molar-refractivity contribution < 1.29 is 13.2 Å². The summed E-state index contributed by atoms with van der Waals surface area (Å²) in [6.45, 7) is 0. The maximum Gasteiger partial charge on any atom is 0.416 e. The highest BCUT2D eigenvalue weighted by atomic mass is 19.4. The summed E-state index contributed by atoms with van der Waals surface area (Å²) in [5, 5.41) is 32.9. The van der Waals surface area contributed by atoms with Crippen LogP contribution >= 0.6 is 0 Å². The molecule has 10 heteroatoms. The molecule has 1 aromatic heterocycles. The molecule has 0 saturated heterocycles. The lowest BCUT2D eigenvalue weighted by atomic mass is 10.1. The summed E-state index contributed by atoms with van der Waals surface area (Å²) in [6.07, 6.45) is -3.44. The fourth-order valence-electron chi connectivity index (χ4n) is 1.51. The van der Waals surface area contributed by atoms with Gasteiger partial charge in [0.2, 0.25) is 5.82 Å². The van der Waals surface area contributed by atoms with Crippen molar-refractivity contribution >= 4 is 11.3 Å². The molecule has 0 unspecified atom stereocenters. The van der Waals surface area contributed by atoms with Gasteiger partial charge in [-0.2, -0.15) is 28.9 Å². The average Bonchev–Trinajstić information content (AvgIpc) is 3.01. The summed E-state index contributed by atoms with van der Waals surface area (Å²) in [5.41, 5.74) is -1.07. The molecule has 0 spiro atoms. The monoisotopic (exact) mass is 305 g/mol. The number of anilines is 1. The highest BCUT2D eigenvalue weighted by molar-refractivity contribution is 5.75. The molecule has 0 aliphatic rings. The third kappa shape index (κ3) is 3.19. The zero-order valence-electron chi connectivity index (χ0n) is 10.7. The van der Waals surface area contributed by atoms with Gasteiger partial charge in [0.15, 0.2) is 0 Å². The Bertz CT molecular complexity index is 779. The molecule has 0 aliphatic heterocycles. The van der Waals surface area contributed by atoms with Crippen LogP contribution in [0.5, 0.6) is 0 Å². The maximum atomic E-state index is 12.7. The lowest BCUT2D eigenvalue weighted by Gasteiger charge is -2.10. The number of halogens is 3. The van der Waals surface area contributed by atoms with Gasteiger partial charge in [0, 0.05) is 6.20 Å². The zero-order chi connectivity index (χ0) is 16.2. The predicted molar refractivity (Wildman–Crippen MR) is 67.5 cm³/mol. The second-order valence-electron chi connectivity index (χ2n) is 3.92. The molecule has 1 aromatic carbocycles. The Labute approximate surface area is 121 Å². The first-order valence-corrected chi connectivity index (χ1v) is 5.67. The van der Waals surface area contributed by atoms with Gasteiger partial charge in [-0.1, -0.05) is 0 Å². The zero-order valence-corrected chi connectivity index (χ0v) is 10.7. The highest BCUT2D eigenvalue weighted by Crippen LogP contribution is 2.32. The second-order valence-corrected chi connectivity index (χ2v) is 3.92. The van der Waals surface area contributed by atoms with E-state index in [0.717, 1.165) is 24.4 Å². The van der Waals surface area contributed by atoms with Gasteiger partial charge in [-0.25, -0.2) is 0 Å². The van der Waals surface area contributed by atoms with Gasteiger partial charge < -0.3 is 5.32 Å². The Morgan fingerprint density at radius 3 is 2.64 bits per heavy atom. The molecular formula is C12H6F3N7. The number of aromatic amines is 1. The van der Waals surface area contributed by atoms with Crippen LogP contribution in [0.1, 0.15) is 17.0 Å². The number of rotatable bonds is 3. The topological polar surface area (TPSA) is 114 Å². The van der Waals surface area contributed by atoms with Crippen molar-refractivity contribution in [1.82, 2.24) is 20.6 Å². The van der Waals surface area contributed by atoms with E-state index in [2.05, 4.69) is 25.9 Å². The van der Waals surface area contributed by atoms with Crippen LogP contribution < -0.4 is 5.32 Å². The molecule has 0 fully saturated rings. The van der Waals surface area contributed by atoms with Crippen molar-refractivity contribution in [2.24, 2.45) is 0 Å². The van der Waals surface area contributed by atoms with E-state index in [1.165, 1.54) is 0 Å². The minimum atomic E-state index is -4.54. The molecule has 0 saturated carbocycles. The molecule has 2 N–H and O–H groups in total. The molecule has 2 aromatic rings. The number of aromatic nitrogens is 4. The van der Waals surface area contributed by atoms with Crippen molar-refractivity contribution in [3.05, 3.63) is 41.4 Å². The van der Waals surface area contributed by atoms with Gasteiger partial charge in [0.1, 0.15) is 17.7 Å². The number of nitrogens with zero attached hydrogens (tertiary/aromatic N) is 5. The standard InChI is InChI=1S/C12H6F3N7/c13-12(14,15)9-2-1-7(4-16)10(3-9)18-6-8(5-17)11-19-21-22-20-11/h1-3,6,18H,(H,19,20,21,22). The Hall–Kier alpha value is -3.40. The van der Waals surface area contributed by atoms with Crippen LogP contribution in [-0.2, 0) is 6.18 Å². The summed E-state index contributed by atoms with van der Waals surface area (Å²) < 4.78 is 38.0. The number of H-pyrrole nitrogens is 1. The molecule has 0 amide bonds. The molecule has 0 atom stereocenters. The number of hydrogen-bond donors (Lipinski definition) is 2. The Balaban J connectivity index is 2.36. The largest absolute Gasteiger partial charge is 0.416 e. The third-order valence-electron chi connectivity index (χ3n) is 2.55. The van der Waals surface area contributed by atoms with Gasteiger partial charge >= 0.3 is 6.18 Å². The molecule has 22 heavy (non-hydrogen) atoms. The van der Waals surface area contributed by atoms with Gasteiger partial charge in [0.05, 0.1) is 16.8 Å². The van der Waals surface area contributed by atoms with E-state index in [9.17, 15) is 13.2 Å². The average molecular weight is 305 g/mol. The number of alkyl halides is 3. The predicted octanol–water partition coefficient (Wildman–Crippen LogP) is 2.07. The van der Waals surface area contributed by atoms with E-state index < -0.39 is 11.7 Å². The molecule has 1 heterocycles. The van der Waals surface area contributed by atoms with Gasteiger partial charge in [0.25, 0.3) is 0 Å². The maximum absolute atomic E-state index is 12.7. The SMILES string of the molecule is N#CC(=CNc1cc(C(F)(F)F)ccc1C#N)c1nn[nH]n1. The van der Waals surface area contributed by atoms with Crippen molar-refractivity contribution in [2.45, 2.75) is 6.18 Å². The van der Waals surface area contributed by atoms with E-state index in [4.69, 9.17) is 10.5 Å². The fourth-order valence-corrected chi connectivity index (χ4v) is 1.51. The van der Waals surface area contributed by atoms with Crippen LogP contribution in [0, 0.1) is 22.7 Å². The second kappa shape index (κ2) is 5.93.